The van der Waals surface area contributed by atoms with Crippen molar-refractivity contribution in [2.75, 3.05) is 23.9 Å². The van der Waals surface area contributed by atoms with E-state index in [1.54, 1.807) is 30.2 Å². The first kappa shape index (κ1) is 18.7. The highest BCUT2D eigenvalue weighted by Crippen LogP contribution is 2.37. The lowest BCUT2D eigenvalue weighted by Gasteiger charge is -2.30. The molecule has 0 heterocycles. The summed E-state index contributed by atoms with van der Waals surface area (Å²) < 4.78 is 5.19. The summed E-state index contributed by atoms with van der Waals surface area (Å²) in [7, 11) is 1.60. The van der Waals surface area contributed by atoms with Crippen molar-refractivity contribution in [1.82, 2.24) is 0 Å². The number of carbonyl (C=O) groups is 1. The van der Waals surface area contributed by atoms with Crippen molar-refractivity contribution in [3.63, 3.8) is 0 Å². The van der Waals surface area contributed by atoms with Crippen LogP contribution in [0.3, 0.4) is 0 Å². The molecule has 0 radical (unpaired) electrons. The monoisotopic (exact) mass is 369 g/mol. The second-order valence-electron chi connectivity index (χ2n) is 6.67. The van der Waals surface area contributed by atoms with Gasteiger partial charge >= 0.3 is 0 Å². The Morgan fingerprint density at radius 1 is 1.26 bits per heavy atom. The van der Waals surface area contributed by atoms with Crippen molar-refractivity contribution < 1.29 is 14.5 Å². The fourth-order valence-corrected chi connectivity index (χ4v) is 3.18. The molecule has 7 nitrogen and oxygen atoms in total. The van der Waals surface area contributed by atoms with Gasteiger partial charge in [0.2, 0.25) is 5.91 Å². The van der Waals surface area contributed by atoms with Gasteiger partial charge in [0.1, 0.15) is 11.4 Å². The van der Waals surface area contributed by atoms with E-state index in [1.165, 1.54) is 6.07 Å². The minimum absolute atomic E-state index is 0.0199. The number of anilines is 2. The minimum atomic E-state index is -0.457. The number of hydrogen-bond donors (Lipinski definition) is 1. The average molecular weight is 369 g/mol. The highest BCUT2D eigenvalue weighted by molar-refractivity contribution is 5.97. The van der Waals surface area contributed by atoms with Crippen molar-refractivity contribution in [2.24, 2.45) is 5.92 Å². The maximum atomic E-state index is 13.0. The lowest BCUT2D eigenvalue weighted by Crippen LogP contribution is -2.43. The van der Waals surface area contributed by atoms with Crippen LogP contribution < -0.4 is 15.0 Å². The third kappa shape index (κ3) is 4.36. The molecule has 0 bridgehead atoms. The molecule has 1 unspecified atom stereocenters. The summed E-state index contributed by atoms with van der Waals surface area (Å²) in [6, 6.07) is 13.8. The Labute approximate surface area is 158 Å². The van der Waals surface area contributed by atoms with Crippen molar-refractivity contribution in [2.45, 2.75) is 25.8 Å². The van der Waals surface area contributed by atoms with E-state index in [1.807, 2.05) is 31.2 Å². The highest BCUT2D eigenvalue weighted by Gasteiger charge is 2.35. The van der Waals surface area contributed by atoms with Gasteiger partial charge in [0.15, 0.2) is 0 Å². The van der Waals surface area contributed by atoms with Gasteiger partial charge in [-0.3, -0.25) is 14.9 Å². The Hall–Kier alpha value is -3.09. The molecular formula is C20H23N3O4. The third-order valence-corrected chi connectivity index (χ3v) is 4.86. The molecule has 1 fully saturated rings. The van der Waals surface area contributed by atoms with Crippen LogP contribution in [0.2, 0.25) is 0 Å². The van der Waals surface area contributed by atoms with Crippen molar-refractivity contribution in [1.29, 1.82) is 0 Å². The fraction of sp³-hybridized carbons (Fsp3) is 0.350. The number of benzene rings is 2. The molecule has 1 aliphatic carbocycles. The molecule has 3 rings (SSSR count). The van der Waals surface area contributed by atoms with Crippen LogP contribution in [0.1, 0.15) is 19.8 Å². The Morgan fingerprint density at radius 3 is 2.52 bits per heavy atom. The van der Waals surface area contributed by atoms with Gasteiger partial charge in [-0.1, -0.05) is 12.1 Å². The molecule has 2 aromatic rings. The van der Waals surface area contributed by atoms with Gasteiger partial charge in [-0.05, 0) is 56.0 Å². The number of rotatable bonds is 8. The predicted molar refractivity (Wildman–Crippen MR) is 104 cm³/mol. The molecule has 1 amide bonds. The Kier molecular flexibility index (Phi) is 5.59. The first-order chi connectivity index (χ1) is 13.0. The van der Waals surface area contributed by atoms with Crippen LogP contribution in [-0.2, 0) is 4.79 Å². The molecule has 142 valence electrons. The van der Waals surface area contributed by atoms with Crippen LogP contribution in [0, 0.1) is 16.0 Å². The zero-order valence-electron chi connectivity index (χ0n) is 15.4. The van der Waals surface area contributed by atoms with Crippen LogP contribution in [0.5, 0.6) is 5.75 Å². The summed E-state index contributed by atoms with van der Waals surface area (Å²) in [5.41, 5.74) is 1.09. The smallest absolute Gasteiger partial charge is 0.292 e. The number of nitrogens with one attached hydrogen (secondary N) is 1. The summed E-state index contributed by atoms with van der Waals surface area (Å²) in [6.45, 7) is 2.03. The summed E-state index contributed by atoms with van der Waals surface area (Å²) in [6.07, 6.45) is 2.22. The maximum Gasteiger partial charge on any atom is 0.292 e. The molecular weight excluding hydrogens is 346 g/mol. The molecule has 1 N–H and O–H groups in total. The van der Waals surface area contributed by atoms with Gasteiger partial charge in [-0.2, -0.15) is 0 Å². The van der Waals surface area contributed by atoms with Crippen molar-refractivity contribution in [3.05, 3.63) is 58.6 Å². The minimum Gasteiger partial charge on any atom is -0.497 e. The van der Waals surface area contributed by atoms with E-state index in [-0.39, 0.29) is 24.2 Å². The van der Waals surface area contributed by atoms with E-state index in [0.717, 1.165) is 24.3 Å². The molecule has 7 heteroatoms. The lowest BCUT2D eigenvalue weighted by atomic mass is 10.1. The topological polar surface area (TPSA) is 84.7 Å². The van der Waals surface area contributed by atoms with Crippen LogP contribution in [0.25, 0.3) is 0 Å². The number of amides is 1. The summed E-state index contributed by atoms with van der Waals surface area (Å²) in [4.78, 5) is 25.5. The second kappa shape index (κ2) is 8.07. The van der Waals surface area contributed by atoms with Gasteiger partial charge in [0.05, 0.1) is 18.6 Å². The van der Waals surface area contributed by atoms with Crippen LogP contribution in [0.15, 0.2) is 48.5 Å². The zero-order chi connectivity index (χ0) is 19.4. The molecule has 27 heavy (non-hydrogen) atoms. The van der Waals surface area contributed by atoms with E-state index in [4.69, 9.17) is 4.74 Å². The van der Waals surface area contributed by atoms with Gasteiger partial charge in [0.25, 0.3) is 5.69 Å². The summed E-state index contributed by atoms with van der Waals surface area (Å²) in [5.74, 6) is 1.09. The molecule has 0 aliphatic heterocycles. The molecule has 2 aromatic carbocycles. The van der Waals surface area contributed by atoms with Crippen LogP contribution in [0.4, 0.5) is 17.1 Å². The van der Waals surface area contributed by atoms with Crippen molar-refractivity contribution in [3.8, 4) is 5.75 Å². The predicted octanol–water partition coefficient (Wildman–Crippen LogP) is 3.85. The molecule has 1 saturated carbocycles. The number of ether oxygens (including phenoxy) is 1. The van der Waals surface area contributed by atoms with Gasteiger partial charge in [-0.25, -0.2) is 0 Å². The average Bonchev–Trinajstić information content (AvgIpc) is 3.52. The number of para-hydroxylation sites is 2. The largest absolute Gasteiger partial charge is 0.497 e. The van der Waals surface area contributed by atoms with E-state index < -0.39 is 4.92 Å². The number of carbonyl (C=O) groups excluding carboxylic acids is 1. The molecule has 0 aromatic heterocycles. The van der Waals surface area contributed by atoms with Crippen molar-refractivity contribution >= 4 is 23.0 Å². The standard InChI is InChI=1S/C20H23N3O4/c1-14(15-7-8-15)22(16-9-11-17(27-2)12-10-16)20(24)13-21-18-5-3-4-6-19(18)23(25)26/h3-6,9-12,14-15,21H,7-8,13H2,1-2H3. The highest BCUT2D eigenvalue weighted by atomic mass is 16.6. The Bertz CT molecular complexity index is 818. The SMILES string of the molecule is COc1ccc(N(C(=O)CNc2ccccc2[N+](=O)[O-])C(C)C2CC2)cc1. The Morgan fingerprint density at radius 2 is 1.93 bits per heavy atom. The van der Waals surface area contributed by atoms with E-state index >= 15 is 0 Å². The van der Waals surface area contributed by atoms with Gasteiger partial charge in [0, 0.05) is 17.8 Å². The van der Waals surface area contributed by atoms with Crippen LogP contribution >= 0.6 is 0 Å². The Balaban J connectivity index is 1.78. The number of hydrogen-bond acceptors (Lipinski definition) is 5. The quantitative estimate of drug-likeness (QED) is 0.564. The fourth-order valence-electron chi connectivity index (χ4n) is 3.18. The maximum absolute atomic E-state index is 13.0. The first-order valence-corrected chi connectivity index (χ1v) is 8.94. The van der Waals surface area contributed by atoms with E-state index in [9.17, 15) is 14.9 Å². The summed E-state index contributed by atoms with van der Waals surface area (Å²) >= 11 is 0. The van der Waals surface area contributed by atoms with Crippen LogP contribution in [-0.4, -0.2) is 30.5 Å². The number of methoxy groups -OCH3 is 1. The van der Waals surface area contributed by atoms with E-state index in [2.05, 4.69) is 5.32 Å². The summed E-state index contributed by atoms with van der Waals surface area (Å²) in [5, 5.41) is 14.1. The molecule has 0 spiro atoms. The number of nitro groups is 1. The van der Waals surface area contributed by atoms with E-state index in [0.29, 0.717) is 11.6 Å². The molecule has 0 saturated heterocycles. The van der Waals surface area contributed by atoms with Gasteiger partial charge in [-0.15, -0.1) is 0 Å². The van der Waals surface area contributed by atoms with Gasteiger partial charge < -0.3 is 15.0 Å². The third-order valence-electron chi connectivity index (χ3n) is 4.86. The number of nitrogens with zero attached hydrogens (tertiary/aromatic N) is 2. The number of nitro benzene ring substituents is 1. The second-order valence-corrected chi connectivity index (χ2v) is 6.67. The molecule has 1 atom stereocenters. The molecule has 1 aliphatic rings. The normalized spacial score (nSPS) is 14.3. The lowest BCUT2D eigenvalue weighted by molar-refractivity contribution is -0.383. The zero-order valence-corrected chi connectivity index (χ0v) is 15.4. The first-order valence-electron chi connectivity index (χ1n) is 8.94.